The first-order chi connectivity index (χ1) is 6.61. The fraction of sp³-hybridized carbons (Fsp3) is 0.0833. The van der Waals surface area contributed by atoms with Gasteiger partial charge < -0.3 is 0 Å². The van der Waals surface area contributed by atoms with Crippen LogP contribution < -0.4 is 0 Å². The molecule has 1 aromatic rings. The lowest BCUT2D eigenvalue weighted by molar-refractivity contribution is -0.107. The molecule has 0 N–H and O–H groups in total. The molecule has 0 atom stereocenters. The Kier molecular flexibility index (Phi) is 3.72. The van der Waals surface area contributed by atoms with Crippen LogP contribution in [-0.2, 0) is 4.79 Å². The second-order valence-electron chi connectivity index (χ2n) is 2.96. The van der Waals surface area contributed by atoms with Crippen LogP contribution in [0.25, 0.3) is 0 Å². The van der Waals surface area contributed by atoms with E-state index in [-0.39, 0.29) is 5.12 Å². The maximum atomic E-state index is 11.6. The summed E-state index contributed by atoms with van der Waals surface area (Å²) in [7, 11) is 0. The first kappa shape index (κ1) is 10.8. The van der Waals surface area contributed by atoms with Gasteiger partial charge in [-0.1, -0.05) is 31.4 Å². The summed E-state index contributed by atoms with van der Waals surface area (Å²) in [6.45, 7) is 9.15. The quantitative estimate of drug-likeness (QED) is 0.426. The molecule has 0 saturated carbocycles. The molecule has 72 valence electrons. The van der Waals surface area contributed by atoms with E-state index < -0.39 is 0 Å². The molecule has 1 nitrogen and oxygen atoms in total. The van der Waals surface area contributed by atoms with E-state index in [0.29, 0.717) is 5.57 Å². The van der Waals surface area contributed by atoms with E-state index in [1.165, 1.54) is 11.8 Å². The Labute approximate surface area is 88.5 Å². The zero-order chi connectivity index (χ0) is 10.6. The first-order valence-corrected chi connectivity index (χ1v) is 5.05. The smallest absolute Gasteiger partial charge is 0.223 e. The van der Waals surface area contributed by atoms with E-state index >= 15 is 0 Å². The minimum Gasteiger partial charge on any atom is -0.281 e. The number of hydrogen-bond acceptors (Lipinski definition) is 2. The normalized spacial score (nSPS) is 9.50. The predicted octanol–water partition coefficient (Wildman–Crippen LogP) is 3.44. The highest BCUT2D eigenvalue weighted by atomic mass is 32.2. The van der Waals surface area contributed by atoms with E-state index in [9.17, 15) is 4.79 Å². The second kappa shape index (κ2) is 4.82. The summed E-state index contributed by atoms with van der Waals surface area (Å²) in [4.78, 5) is 12.5. The second-order valence-corrected chi connectivity index (χ2v) is 4.01. The number of benzene rings is 1. The largest absolute Gasteiger partial charge is 0.281 e. The first-order valence-electron chi connectivity index (χ1n) is 4.23. The molecule has 0 amide bonds. The predicted molar refractivity (Wildman–Crippen MR) is 61.3 cm³/mol. The summed E-state index contributed by atoms with van der Waals surface area (Å²) < 4.78 is 0. The number of thioether (sulfide) groups is 1. The monoisotopic (exact) mass is 204 g/mol. The van der Waals surface area contributed by atoms with Crippen LogP contribution in [0.3, 0.4) is 0 Å². The van der Waals surface area contributed by atoms with Gasteiger partial charge in [0, 0.05) is 10.5 Å². The maximum absolute atomic E-state index is 11.6. The fourth-order valence-corrected chi connectivity index (χ4v) is 1.64. The Hall–Kier alpha value is -1.28. The summed E-state index contributed by atoms with van der Waals surface area (Å²) in [5, 5.41) is -0.0382. The number of allylic oxidation sites excluding steroid dienone is 1. The van der Waals surface area contributed by atoms with Gasteiger partial charge >= 0.3 is 0 Å². The van der Waals surface area contributed by atoms with E-state index in [4.69, 9.17) is 0 Å². The van der Waals surface area contributed by atoms with Crippen molar-refractivity contribution >= 4 is 16.9 Å². The Balaban J connectivity index is 2.67. The molecule has 0 aliphatic carbocycles. The van der Waals surface area contributed by atoms with Gasteiger partial charge in [0.2, 0.25) is 5.12 Å². The maximum Gasteiger partial charge on any atom is 0.223 e. The van der Waals surface area contributed by atoms with Crippen molar-refractivity contribution in [2.24, 2.45) is 0 Å². The summed E-state index contributed by atoms with van der Waals surface area (Å²) in [6.07, 6.45) is 0. The Morgan fingerprint density at radius 3 is 2.29 bits per heavy atom. The third-order valence-corrected chi connectivity index (χ3v) is 2.65. The zero-order valence-electron chi connectivity index (χ0n) is 8.12. The van der Waals surface area contributed by atoms with Crippen molar-refractivity contribution in [1.82, 2.24) is 0 Å². The minimum atomic E-state index is -0.0382. The Morgan fingerprint density at radius 2 is 1.79 bits per heavy atom. The van der Waals surface area contributed by atoms with Gasteiger partial charge in [0.1, 0.15) is 0 Å². The molecule has 0 aliphatic heterocycles. The number of carbonyl (C=O) groups is 1. The molecule has 14 heavy (non-hydrogen) atoms. The molecular formula is C12H12OS. The molecule has 0 aliphatic rings. The molecule has 1 aromatic carbocycles. The molecule has 0 spiro atoms. The van der Waals surface area contributed by atoms with Crippen molar-refractivity contribution < 1.29 is 4.79 Å². The molecule has 0 unspecified atom stereocenters. The summed E-state index contributed by atoms with van der Waals surface area (Å²) in [6, 6.07) is 9.52. The van der Waals surface area contributed by atoms with Crippen molar-refractivity contribution in [2.45, 2.75) is 11.8 Å². The van der Waals surface area contributed by atoms with Crippen LogP contribution in [-0.4, -0.2) is 5.12 Å². The van der Waals surface area contributed by atoms with Gasteiger partial charge in [0.15, 0.2) is 0 Å². The Morgan fingerprint density at radius 1 is 1.21 bits per heavy atom. The highest BCUT2D eigenvalue weighted by Gasteiger charge is 2.08. The van der Waals surface area contributed by atoms with Crippen LogP contribution in [0, 0.1) is 0 Å². The van der Waals surface area contributed by atoms with Crippen molar-refractivity contribution in [2.75, 3.05) is 0 Å². The van der Waals surface area contributed by atoms with Gasteiger partial charge in [0.05, 0.1) is 0 Å². The van der Waals surface area contributed by atoms with Crippen LogP contribution in [0.5, 0.6) is 0 Å². The van der Waals surface area contributed by atoms with Crippen LogP contribution in [0.1, 0.15) is 6.92 Å². The Bertz CT molecular complexity index is 365. The van der Waals surface area contributed by atoms with Gasteiger partial charge in [-0.25, -0.2) is 0 Å². The van der Waals surface area contributed by atoms with Crippen molar-refractivity contribution in [1.29, 1.82) is 0 Å². The van der Waals surface area contributed by atoms with Gasteiger partial charge in [-0.05, 0) is 36.4 Å². The molecular weight excluding hydrogens is 192 g/mol. The molecule has 0 radical (unpaired) electrons. The number of hydrogen-bond donors (Lipinski definition) is 0. The van der Waals surface area contributed by atoms with Crippen LogP contribution in [0.15, 0.2) is 59.5 Å². The molecule has 0 bridgehead atoms. The lowest BCUT2D eigenvalue weighted by Gasteiger charge is -2.02. The SMILES string of the molecule is C=C(C)C(=C)C(=O)Sc1ccccc1. The lowest BCUT2D eigenvalue weighted by Crippen LogP contribution is -1.95. The van der Waals surface area contributed by atoms with E-state index in [2.05, 4.69) is 13.2 Å². The van der Waals surface area contributed by atoms with Crippen LogP contribution in [0.4, 0.5) is 0 Å². The van der Waals surface area contributed by atoms with Crippen molar-refractivity contribution in [3.63, 3.8) is 0 Å². The zero-order valence-corrected chi connectivity index (χ0v) is 8.93. The highest BCUT2D eigenvalue weighted by Crippen LogP contribution is 2.23. The third-order valence-electron chi connectivity index (χ3n) is 1.72. The topological polar surface area (TPSA) is 17.1 Å². The molecule has 1 rings (SSSR count). The third kappa shape index (κ3) is 2.89. The molecule has 0 fully saturated rings. The fourth-order valence-electron chi connectivity index (χ4n) is 0.831. The summed E-state index contributed by atoms with van der Waals surface area (Å²) in [5.41, 5.74) is 1.21. The van der Waals surface area contributed by atoms with Crippen LogP contribution >= 0.6 is 11.8 Å². The average molecular weight is 204 g/mol. The number of rotatable bonds is 3. The van der Waals surface area contributed by atoms with Crippen molar-refractivity contribution in [3.05, 3.63) is 54.6 Å². The van der Waals surface area contributed by atoms with Crippen LogP contribution in [0.2, 0.25) is 0 Å². The highest BCUT2D eigenvalue weighted by molar-refractivity contribution is 8.14. The molecule has 0 aromatic heterocycles. The minimum absolute atomic E-state index is 0.0382. The standard InChI is InChI=1S/C12H12OS/c1-9(2)10(3)12(13)14-11-7-5-4-6-8-11/h4-8H,1,3H2,2H3. The van der Waals surface area contributed by atoms with E-state index in [1.54, 1.807) is 6.92 Å². The molecule has 0 saturated heterocycles. The van der Waals surface area contributed by atoms with Gasteiger partial charge in [-0.15, -0.1) is 0 Å². The lowest BCUT2D eigenvalue weighted by atomic mass is 10.2. The van der Waals surface area contributed by atoms with Crippen molar-refractivity contribution in [3.8, 4) is 0 Å². The van der Waals surface area contributed by atoms with Gasteiger partial charge in [-0.3, -0.25) is 4.79 Å². The van der Waals surface area contributed by atoms with Gasteiger partial charge in [-0.2, -0.15) is 0 Å². The molecule has 2 heteroatoms. The average Bonchev–Trinajstić information content (AvgIpc) is 2.18. The summed E-state index contributed by atoms with van der Waals surface area (Å²) >= 11 is 1.18. The summed E-state index contributed by atoms with van der Waals surface area (Å²) in [5.74, 6) is 0. The number of carbonyl (C=O) groups excluding carboxylic acids is 1. The van der Waals surface area contributed by atoms with Gasteiger partial charge in [0.25, 0.3) is 0 Å². The van der Waals surface area contributed by atoms with E-state index in [1.807, 2.05) is 30.3 Å². The molecule has 0 heterocycles. The van der Waals surface area contributed by atoms with E-state index in [0.717, 1.165) is 10.5 Å².